The van der Waals surface area contributed by atoms with Crippen LogP contribution in [0.5, 0.6) is 0 Å². The van der Waals surface area contributed by atoms with Crippen molar-refractivity contribution in [3.63, 3.8) is 0 Å². The quantitative estimate of drug-likeness (QED) is 0.622. The lowest BCUT2D eigenvalue weighted by Crippen LogP contribution is -1.96. The average Bonchev–Trinajstić information content (AvgIpc) is 2.46. The van der Waals surface area contributed by atoms with Gasteiger partial charge in [0.1, 0.15) is 5.82 Å². The molecule has 0 radical (unpaired) electrons. The highest BCUT2D eigenvalue weighted by Gasteiger charge is 2.11. The first-order chi connectivity index (χ1) is 9.11. The predicted octanol–water partition coefficient (Wildman–Crippen LogP) is 5.82. The van der Waals surface area contributed by atoms with E-state index in [1.54, 1.807) is 12.1 Å². The fourth-order valence-corrected chi connectivity index (χ4v) is 2.68. The Morgan fingerprint density at radius 3 is 2.21 bits per heavy atom. The molecular formula is C17H18BrF. The van der Waals surface area contributed by atoms with Crippen LogP contribution in [-0.4, -0.2) is 0 Å². The standard InChI is InChI=1S/C17H18BrF/c1-3-12(2)13-7-9-14(10-8-13)17(18)15-5-4-6-16(19)11-15/h4-12,17H,3H2,1-2H3. The Morgan fingerprint density at radius 2 is 1.63 bits per heavy atom. The normalized spacial score (nSPS) is 14.1. The van der Waals surface area contributed by atoms with E-state index in [4.69, 9.17) is 0 Å². The summed E-state index contributed by atoms with van der Waals surface area (Å²) in [6, 6.07) is 15.3. The van der Waals surface area contributed by atoms with Crippen LogP contribution >= 0.6 is 15.9 Å². The molecule has 100 valence electrons. The summed E-state index contributed by atoms with van der Waals surface area (Å²) in [5, 5.41) is 0. The van der Waals surface area contributed by atoms with E-state index in [1.165, 1.54) is 11.6 Å². The van der Waals surface area contributed by atoms with Crippen LogP contribution in [0.1, 0.15) is 47.7 Å². The Labute approximate surface area is 122 Å². The minimum Gasteiger partial charge on any atom is -0.207 e. The van der Waals surface area contributed by atoms with E-state index in [0.29, 0.717) is 5.92 Å². The molecule has 2 aromatic carbocycles. The lowest BCUT2D eigenvalue weighted by molar-refractivity contribution is 0.626. The lowest BCUT2D eigenvalue weighted by atomic mass is 9.96. The molecule has 0 fully saturated rings. The predicted molar refractivity (Wildman–Crippen MR) is 82.3 cm³/mol. The Bertz CT molecular complexity index is 533. The molecule has 0 aromatic heterocycles. The highest BCUT2D eigenvalue weighted by Crippen LogP contribution is 2.32. The van der Waals surface area contributed by atoms with Crippen molar-refractivity contribution < 1.29 is 4.39 Å². The monoisotopic (exact) mass is 320 g/mol. The van der Waals surface area contributed by atoms with Crippen LogP contribution in [0.15, 0.2) is 48.5 Å². The molecule has 19 heavy (non-hydrogen) atoms. The minimum atomic E-state index is -0.196. The maximum atomic E-state index is 13.2. The van der Waals surface area contributed by atoms with E-state index < -0.39 is 0 Å². The Morgan fingerprint density at radius 1 is 1.00 bits per heavy atom. The maximum absolute atomic E-state index is 13.2. The molecule has 2 heteroatoms. The Hall–Kier alpha value is -1.15. The molecule has 0 saturated heterocycles. The summed E-state index contributed by atoms with van der Waals surface area (Å²) in [5.74, 6) is 0.384. The molecule has 0 spiro atoms. The molecule has 0 nitrogen and oxygen atoms in total. The molecule has 0 aliphatic rings. The number of hydrogen-bond donors (Lipinski definition) is 0. The second-order valence-corrected chi connectivity index (χ2v) is 5.81. The first-order valence-corrected chi connectivity index (χ1v) is 7.52. The van der Waals surface area contributed by atoms with Gasteiger partial charge < -0.3 is 0 Å². The molecule has 2 atom stereocenters. The van der Waals surface area contributed by atoms with Gasteiger partial charge in [0.2, 0.25) is 0 Å². The third kappa shape index (κ3) is 3.44. The molecule has 0 aliphatic carbocycles. The molecule has 0 heterocycles. The van der Waals surface area contributed by atoms with Crippen LogP contribution < -0.4 is 0 Å². The average molecular weight is 321 g/mol. The van der Waals surface area contributed by atoms with Gasteiger partial charge in [0, 0.05) is 0 Å². The van der Waals surface area contributed by atoms with Crippen molar-refractivity contribution in [1.29, 1.82) is 0 Å². The summed E-state index contributed by atoms with van der Waals surface area (Å²) in [5.41, 5.74) is 3.44. The molecule has 0 N–H and O–H groups in total. The molecule has 2 rings (SSSR count). The summed E-state index contributed by atoms with van der Waals surface area (Å²) in [6.07, 6.45) is 1.14. The van der Waals surface area contributed by atoms with Gasteiger partial charge in [-0.25, -0.2) is 4.39 Å². The van der Waals surface area contributed by atoms with Gasteiger partial charge >= 0.3 is 0 Å². The molecule has 0 saturated carbocycles. The minimum absolute atomic E-state index is 0.0363. The molecule has 0 bridgehead atoms. The number of halogens is 2. The zero-order valence-electron chi connectivity index (χ0n) is 11.2. The van der Waals surface area contributed by atoms with Gasteiger partial charge in [-0.1, -0.05) is 66.2 Å². The van der Waals surface area contributed by atoms with Gasteiger partial charge in [0.25, 0.3) is 0 Å². The Kier molecular flexibility index (Phi) is 4.76. The summed E-state index contributed by atoms with van der Waals surface area (Å²) >= 11 is 3.64. The highest BCUT2D eigenvalue weighted by molar-refractivity contribution is 9.09. The second-order valence-electron chi connectivity index (χ2n) is 4.89. The first-order valence-electron chi connectivity index (χ1n) is 6.61. The molecule has 2 unspecified atom stereocenters. The van der Waals surface area contributed by atoms with Crippen LogP contribution in [-0.2, 0) is 0 Å². The van der Waals surface area contributed by atoms with Gasteiger partial charge in [0.15, 0.2) is 0 Å². The van der Waals surface area contributed by atoms with Crippen molar-refractivity contribution in [2.24, 2.45) is 0 Å². The van der Waals surface area contributed by atoms with Crippen LogP contribution in [0.2, 0.25) is 0 Å². The summed E-state index contributed by atoms with van der Waals surface area (Å²) in [7, 11) is 0. The van der Waals surface area contributed by atoms with Crippen LogP contribution in [0, 0.1) is 5.82 Å². The molecule has 2 aromatic rings. The molecule has 0 amide bonds. The van der Waals surface area contributed by atoms with E-state index in [-0.39, 0.29) is 10.6 Å². The first kappa shape index (κ1) is 14.3. The van der Waals surface area contributed by atoms with Gasteiger partial charge in [-0.15, -0.1) is 0 Å². The molecular weight excluding hydrogens is 303 g/mol. The Balaban J connectivity index is 2.22. The van der Waals surface area contributed by atoms with Gasteiger partial charge in [0.05, 0.1) is 4.83 Å². The number of benzene rings is 2. The highest BCUT2D eigenvalue weighted by atomic mass is 79.9. The van der Waals surface area contributed by atoms with Crippen LogP contribution in [0.3, 0.4) is 0 Å². The van der Waals surface area contributed by atoms with E-state index in [0.717, 1.165) is 17.5 Å². The SMILES string of the molecule is CCC(C)c1ccc(C(Br)c2cccc(F)c2)cc1. The van der Waals surface area contributed by atoms with Crippen molar-refractivity contribution in [2.45, 2.75) is 31.0 Å². The smallest absolute Gasteiger partial charge is 0.123 e. The number of alkyl halides is 1. The van der Waals surface area contributed by atoms with E-state index in [9.17, 15) is 4.39 Å². The number of hydrogen-bond acceptors (Lipinski definition) is 0. The van der Waals surface area contributed by atoms with Crippen LogP contribution in [0.25, 0.3) is 0 Å². The van der Waals surface area contributed by atoms with Crippen molar-refractivity contribution in [3.8, 4) is 0 Å². The summed E-state index contributed by atoms with van der Waals surface area (Å²) < 4.78 is 13.2. The van der Waals surface area contributed by atoms with Gasteiger partial charge in [-0.05, 0) is 41.2 Å². The zero-order valence-corrected chi connectivity index (χ0v) is 12.8. The second kappa shape index (κ2) is 6.33. The van der Waals surface area contributed by atoms with Gasteiger partial charge in [-0.3, -0.25) is 0 Å². The molecule has 0 aliphatic heterocycles. The topological polar surface area (TPSA) is 0 Å². The third-order valence-corrected chi connectivity index (χ3v) is 4.61. The van der Waals surface area contributed by atoms with E-state index in [1.807, 2.05) is 6.07 Å². The van der Waals surface area contributed by atoms with Crippen molar-refractivity contribution in [1.82, 2.24) is 0 Å². The van der Waals surface area contributed by atoms with Gasteiger partial charge in [-0.2, -0.15) is 0 Å². The number of rotatable bonds is 4. The third-order valence-electron chi connectivity index (χ3n) is 3.55. The lowest BCUT2D eigenvalue weighted by Gasteiger charge is -2.13. The fraction of sp³-hybridized carbons (Fsp3) is 0.294. The van der Waals surface area contributed by atoms with Crippen molar-refractivity contribution in [3.05, 3.63) is 71.0 Å². The van der Waals surface area contributed by atoms with Crippen LogP contribution in [0.4, 0.5) is 4.39 Å². The fourth-order valence-electron chi connectivity index (χ4n) is 2.09. The summed E-state index contributed by atoms with van der Waals surface area (Å²) in [4.78, 5) is 0.0363. The van der Waals surface area contributed by atoms with Crippen molar-refractivity contribution in [2.75, 3.05) is 0 Å². The maximum Gasteiger partial charge on any atom is 0.123 e. The van der Waals surface area contributed by atoms with E-state index >= 15 is 0 Å². The largest absolute Gasteiger partial charge is 0.207 e. The zero-order chi connectivity index (χ0) is 13.8. The van der Waals surface area contributed by atoms with E-state index in [2.05, 4.69) is 54.0 Å². The van der Waals surface area contributed by atoms with Crippen molar-refractivity contribution >= 4 is 15.9 Å². The summed E-state index contributed by atoms with van der Waals surface area (Å²) in [6.45, 7) is 4.42.